The molecule has 0 aromatic heterocycles. The van der Waals surface area contributed by atoms with Gasteiger partial charge in [-0.05, 0) is 25.7 Å². The summed E-state index contributed by atoms with van der Waals surface area (Å²) in [5, 5.41) is 0.527. The number of hydrogen-bond donors (Lipinski definition) is 1. The Morgan fingerprint density at radius 2 is 1.42 bits per heavy atom. The molecule has 1 atom stereocenters. The summed E-state index contributed by atoms with van der Waals surface area (Å²) in [5.41, 5.74) is 0. The Balaban J connectivity index is 2.05. The third-order valence-electron chi connectivity index (χ3n) is 3.07. The van der Waals surface area contributed by atoms with Crippen LogP contribution in [0.3, 0.4) is 0 Å². The van der Waals surface area contributed by atoms with Gasteiger partial charge in [0.15, 0.2) is 0 Å². The van der Waals surface area contributed by atoms with Gasteiger partial charge in [-0.15, -0.1) is 0 Å². The Morgan fingerprint density at radius 1 is 0.917 bits per heavy atom. The van der Waals surface area contributed by atoms with Crippen molar-refractivity contribution in [2.24, 2.45) is 0 Å². The molecule has 2 fully saturated rings. The van der Waals surface area contributed by atoms with E-state index < -0.39 is 9.73 Å². The van der Waals surface area contributed by atoms with E-state index in [-0.39, 0.29) is 10.5 Å². The summed E-state index contributed by atoms with van der Waals surface area (Å²) in [6.45, 7) is 0. The minimum absolute atomic E-state index is 0.249. The van der Waals surface area contributed by atoms with Gasteiger partial charge in [0.1, 0.15) is 0 Å². The predicted octanol–water partition coefficient (Wildman–Crippen LogP) is 2.53. The Labute approximate surface area is 74.7 Å². The minimum Gasteiger partial charge on any atom is -0.252 e. The molecule has 70 valence electrons. The van der Waals surface area contributed by atoms with Crippen molar-refractivity contribution in [3.05, 3.63) is 0 Å². The molecule has 12 heavy (non-hydrogen) atoms. The first kappa shape index (κ1) is 8.54. The van der Waals surface area contributed by atoms with Crippen LogP contribution in [0.15, 0.2) is 0 Å². The molecular weight excluding hydrogens is 170 g/mol. The summed E-state index contributed by atoms with van der Waals surface area (Å²) in [6.07, 6.45) is 7.91. The van der Waals surface area contributed by atoms with E-state index in [9.17, 15) is 4.21 Å². The molecule has 0 spiro atoms. The molecule has 0 aromatic rings. The van der Waals surface area contributed by atoms with Crippen LogP contribution in [0.5, 0.6) is 0 Å². The van der Waals surface area contributed by atoms with Crippen LogP contribution in [0.2, 0.25) is 0 Å². The van der Waals surface area contributed by atoms with E-state index >= 15 is 0 Å². The van der Waals surface area contributed by atoms with Gasteiger partial charge in [0.05, 0.1) is 0 Å². The Morgan fingerprint density at radius 3 is 1.92 bits per heavy atom. The van der Waals surface area contributed by atoms with Crippen LogP contribution < -0.4 is 0 Å². The third kappa shape index (κ3) is 1.51. The van der Waals surface area contributed by atoms with Crippen molar-refractivity contribution < 1.29 is 4.21 Å². The fourth-order valence-corrected chi connectivity index (χ4v) is 4.52. The zero-order chi connectivity index (χ0) is 8.60. The average molecular weight is 187 g/mol. The normalized spacial score (nSPS) is 31.3. The molecule has 1 N–H and O–H groups in total. The predicted molar refractivity (Wildman–Crippen MR) is 50.8 cm³/mol. The van der Waals surface area contributed by atoms with E-state index in [2.05, 4.69) is 0 Å². The second-order valence-corrected chi connectivity index (χ2v) is 6.74. The fourth-order valence-electron chi connectivity index (χ4n) is 2.11. The zero-order valence-electron chi connectivity index (χ0n) is 7.42. The molecule has 0 aromatic carbocycles. The molecule has 0 heterocycles. The quantitative estimate of drug-likeness (QED) is 0.709. The molecule has 2 nitrogen and oxygen atoms in total. The zero-order valence-corrected chi connectivity index (χ0v) is 8.24. The summed E-state index contributed by atoms with van der Waals surface area (Å²) in [4.78, 5) is 0. The van der Waals surface area contributed by atoms with Gasteiger partial charge in [0, 0.05) is 20.2 Å². The van der Waals surface area contributed by atoms with Crippen molar-refractivity contribution in [2.45, 2.75) is 55.4 Å². The molecule has 2 aliphatic carbocycles. The number of nitrogens with one attached hydrogen (secondary N) is 1. The third-order valence-corrected chi connectivity index (χ3v) is 5.99. The standard InChI is InChI=1S/C9H17NOS/c10-12(11,9-6-7-9)8-4-2-1-3-5-8/h8-10H,1-7H2/t12-/m1/s1. The highest BCUT2D eigenvalue weighted by Crippen LogP contribution is 2.36. The highest BCUT2D eigenvalue weighted by molar-refractivity contribution is 7.93. The second kappa shape index (κ2) is 3.02. The van der Waals surface area contributed by atoms with Gasteiger partial charge in [0.25, 0.3) is 0 Å². The molecule has 0 saturated heterocycles. The van der Waals surface area contributed by atoms with Crippen LogP contribution in [0.1, 0.15) is 44.9 Å². The molecule has 2 aliphatic rings. The lowest BCUT2D eigenvalue weighted by molar-refractivity contribution is 0.501. The lowest BCUT2D eigenvalue weighted by Crippen LogP contribution is -2.25. The molecule has 3 heteroatoms. The van der Waals surface area contributed by atoms with Gasteiger partial charge in [-0.3, -0.25) is 4.78 Å². The SMILES string of the molecule is N=[S@@](=O)(C1CCCCC1)C1CC1. The van der Waals surface area contributed by atoms with Gasteiger partial charge in [0.2, 0.25) is 0 Å². The molecule has 2 rings (SSSR count). The largest absolute Gasteiger partial charge is 0.252 e. The van der Waals surface area contributed by atoms with Gasteiger partial charge in [-0.2, -0.15) is 0 Å². The van der Waals surface area contributed by atoms with Crippen LogP contribution in [-0.2, 0) is 9.73 Å². The van der Waals surface area contributed by atoms with E-state index in [0.717, 1.165) is 25.7 Å². The molecule has 2 saturated carbocycles. The smallest absolute Gasteiger partial charge is 0.0499 e. The van der Waals surface area contributed by atoms with Gasteiger partial charge >= 0.3 is 0 Å². The van der Waals surface area contributed by atoms with Crippen molar-refractivity contribution in [1.82, 2.24) is 0 Å². The maximum Gasteiger partial charge on any atom is 0.0499 e. The van der Waals surface area contributed by atoms with Crippen molar-refractivity contribution in [3.8, 4) is 0 Å². The molecule has 0 amide bonds. The summed E-state index contributed by atoms with van der Waals surface area (Å²) in [6, 6.07) is 0. The lowest BCUT2D eigenvalue weighted by atomic mass is 10.0. The summed E-state index contributed by atoms with van der Waals surface area (Å²) in [7, 11) is -2.19. The fraction of sp³-hybridized carbons (Fsp3) is 1.00. The topological polar surface area (TPSA) is 40.9 Å². The van der Waals surface area contributed by atoms with Gasteiger partial charge < -0.3 is 0 Å². The van der Waals surface area contributed by atoms with Crippen molar-refractivity contribution >= 4 is 9.73 Å². The molecular formula is C9H17NOS. The lowest BCUT2D eigenvalue weighted by Gasteiger charge is -2.23. The Bertz CT molecular complexity index is 248. The first-order valence-electron chi connectivity index (χ1n) is 4.98. The Kier molecular flexibility index (Phi) is 2.15. The maximum atomic E-state index is 12.0. The molecule has 0 unspecified atom stereocenters. The average Bonchev–Trinajstić information content (AvgIpc) is 2.88. The number of rotatable bonds is 2. The number of hydrogen-bond acceptors (Lipinski definition) is 2. The van der Waals surface area contributed by atoms with E-state index in [1.54, 1.807) is 0 Å². The van der Waals surface area contributed by atoms with Gasteiger partial charge in [-0.1, -0.05) is 19.3 Å². The monoisotopic (exact) mass is 187 g/mol. The van der Waals surface area contributed by atoms with Crippen LogP contribution in [0, 0.1) is 4.78 Å². The van der Waals surface area contributed by atoms with Crippen LogP contribution >= 0.6 is 0 Å². The van der Waals surface area contributed by atoms with E-state index in [1.165, 1.54) is 19.3 Å². The van der Waals surface area contributed by atoms with Crippen LogP contribution in [0.25, 0.3) is 0 Å². The van der Waals surface area contributed by atoms with Crippen LogP contribution in [0.4, 0.5) is 0 Å². The molecule has 0 radical (unpaired) electrons. The molecule has 0 aliphatic heterocycles. The first-order chi connectivity index (χ1) is 5.71. The summed E-state index contributed by atoms with van der Waals surface area (Å²) >= 11 is 0. The highest BCUT2D eigenvalue weighted by atomic mass is 32.2. The van der Waals surface area contributed by atoms with Crippen molar-refractivity contribution in [1.29, 1.82) is 4.78 Å². The summed E-state index contributed by atoms with van der Waals surface area (Å²) < 4.78 is 19.8. The maximum absolute atomic E-state index is 12.0. The van der Waals surface area contributed by atoms with Crippen LogP contribution in [-0.4, -0.2) is 14.7 Å². The van der Waals surface area contributed by atoms with Gasteiger partial charge in [-0.25, -0.2) is 4.21 Å². The minimum atomic E-state index is -2.19. The van der Waals surface area contributed by atoms with E-state index in [1.807, 2.05) is 0 Å². The first-order valence-corrected chi connectivity index (χ1v) is 6.66. The second-order valence-electron chi connectivity index (χ2n) is 4.11. The highest BCUT2D eigenvalue weighted by Gasteiger charge is 2.38. The Hall–Kier alpha value is -0.0500. The summed E-state index contributed by atoms with van der Waals surface area (Å²) in [5.74, 6) is 0. The van der Waals surface area contributed by atoms with E-state index in [4.69, 9.17) is 4.78 Å². The molecule has 0 bridgehead atoms. The van der Waals surface area contributed by atoms with Crippen molar-refractivity contribution in [3.63, 3.8) is 0 Å². The van der Waals surface area contributed by atoms with E-state index in [0.29, 0.717) is 0 Å². The van der Waals surface area contributed by atoms with Crippen molar-refractivity contribution in [2.75, 3.05) is 0 Å².